The molecule has 1 N–H and O–H groups in total. The van der Waals surface area contributed by atoms with Crippen molar-refractivity contribution >= 4 is 23.4 Å². The van der Waals surface area contributed by atoms with Crippen molar-refractivity contribution in [1.82, 2.24) is 9.97 Å². The SMILES string of the molecule is CCc1c(C)nc(Sc2ccc(NC(=O)C(C)(C)OC)cc2)nc1C. The van der Waals surface area contributed by atoms with Gasteiger partial charge < -0.3 is 10.1 Å². The van der Waals surface area contributed by atoms with Gasteiger partial charge in [-0.1, -0.05) is 6.92 Å². The Labute approximate surface area is 153 Å². The second kappa shape index (κ2) is 7.97. The Kier molecular flexibility index (Phi) is 6.19. The van der Waals surface area contributed by atoms with E-state index in [2.05, 4.69) is 22.2 Å². The fraction of sp³-hybridized carbons (Fsp3) is 0.421. The van der Waals surface area contributed by atoms with Crippen molar-refractivity contribution in [2.45, 2.75) is 56.7 Å². The number of anilines is 1. The summed E-state index contributed by atoms with van der Waals surface area (Å²) in [5.74, 6) is -0.180. The predicted octanol–water partition coefficient (Wildman–Crippen LogP) is 4.17. The first-order valence-corrected chi connectivity index (χ1v) is 9.07. The maximum absolute atomic E-state index is 12.1. The van der Waals surface area contributed by atoms with Gasteiger partial charge in [0.1, 0.15) is 5.60 Å². The summed E-state index contributed by atoms with van der Waals surface area (Å²) in [6.45, 7) is 9.62. The van der Waals surface area contributed by atoms with Crippen LogP contribution in [0.15, 0.2) is 34.3 Å². The molecule has 0 saturated carbocycles. The number of methoxy groups -OCH3 is 1. The largest absolute Gasteiger partial charge is 0.369 e. The van der Waals surface area contributed by atoms with Crippen LogP contribution in [0.5, 0.6) is 0 Å². The first-order chi connectivity index (χ1) is 11.8. The summed E-state index contributed by atoms with van der Waals surface area (Å²) in [6.07, 6.45) is 0.939. The highest BCUT2D eigenvalue weighted by atomic mass is 32.2. The van der Waals surface area contributed by atoms with Crippen molar-refractivity contribution in [2.24, 2.45) is 0 Å². The Morgan fingerprint density at radius 3 is 2.20 bits per heavy atom. The standard InChI is InChI=1S/C19H25N3O2S/c1-7-16-12(2)20-18(21-13(16)3)25-15-10-8-14(9-11-15)22-17(23)19(4,5)24-6/h8-11H,7H2,1-6H3,(H,22,23). The summed E-state index contributed by atoms with van der Waals surface area (Å²) in [5.41, 5.74) is 3.14. The van der Waals surface area contributed by atoms with Crippen LogP contribution in [-0.2, 0) is 16.0 Å². The summed E-state index contributed by atoms with van der Waals surface area (Å²) in [4.78, 5) is 22.3. The van der Waals surface area contributed by atoms with Gasteiger partial charge in [0.05, 0.1) is 0 Å². The number of ether oxygens (including phenoxy) is 1. The van der Waals surface area contributed by atoms with E-state index in [9.17, 15) is 4.79 Å². The van der Waals surface area contributed by atoms with E-state index in [1.54, 1.807) is 13.8 Å². The molecule has 0 aliphatic carbocycles. The van der Waals surface area contributed by atoms with E-state index in [-0.39, 0.29) is 5.91 Å². The fourth-order valence-electron chi connectivity index (χ4n) is 2.35. The lowest BCUT2D eigenvalue weighted by Gasteiger charge is -2.21. The molecule has 0 unspecified atom stereocenters. The predicted molar refractivity (Wildman–Crippen MR) is 101 cm³/mol. The molecular formula is C19H25N3O2S. The Bertz CT molecular complexity index is 735. The van der Waals surface area contributed by atoms with E-state index in [4.69, 9.17) is 4.74 Å². The van der Waals surface area contributed by atoms with Gasteiger partial charge in [-0.3, -0.25) is 4.79 Å². The van der Waals surface area contributed by atoms with Gasteiger partial charge in [-0.05, 0) is 75.7 Å². The van der Waals surface area contributed by atoms with Crippen molar-refractivity contribution in [2.75, 3.05) is 12.4 Å². The lowest BCUT2D eigenvalue weighted by Crippen LogP contribution is -2.38. The van der Waals surface area contributed by atoms with Gasteiger partial charge in [0.15, 0.2) is 5.16 Å². The minimum Gasteiger partial charge on any atom is -0.369 e. The maximum atomic E-state index is 12.1. The first kappa shape index (κ1) is 19.4. The zero-order chi connectivity index (χ0) is 18.6. The Morgan fingerprint density at radius 2 is 1.72 bits per heavy atom. The van der Waals surface area contributed by atoms with E-state index in [0.717, 1.165) is 33.5 Å². The molecule has 0 bridgehead atoms. The van der Waals surface area contributed by atoms with Crippen LogP contribution in [0.4, 0.5) is 5.69 Å². The lowest BCUT2D eigenvalue weighted by atomic mass is 10.1. The number of benzene rings is 1. The summed E-state index contributed by atoms with van der Waals surface area (Å²) in [5, 5.41) is 3.59. The first-order valence-electron chi connectivity index (χ1n) is 8.25. The number of amides is 1. The monoisotopic (exact) mass is 359 g/mol. The number of nitrogens with zero attached hydrogens (tertiary/aromatic N) is 2. The van der Waals surface area contributed by atoms with Crippen LogP contribution in [0.3, 0.4) is 0 Å². The molecule has 5 nitrogen and oxygen atoms in total. The third-order valence-electron chi connectivity index (χ3n) is 4.13. The normalized spacial score (nSPS) is 11.4. The van der Waals surface area contributed by atoms with Gasteiger partial charge in [0.25, 0.3) is 5.91 Å². The smallest absolute Gasteiger partial charge is 0.256 e. The minimum absolute atomic E-state index is 0.180. The molecule has 0 fully saturated rings. The number of aromatic nitrogens is 2. The third-order valence-corrected chi connectivity index (χ3v) is 5.01. The van der Waals surface area contributed by atoms with Crippen LogP contribution in [0.25, 0.3) is 0 Å². The maximum Gasteiger partial charge on any atom is 0.256 e. The molecule has 25 heavy (non-hydrogen) atoms. The van der Waals surface area contributed by atoms with Crippen LogP contribution in [-0.4, -0.2) is 28.6 Å². The Morgan fingerprint density at radius 1 is 1.16 bits per heavy atom. The second-order valence-electron chi connectivity index (χ2n) is 6.30. The average Bonchev–Trinajstić information content (AvgIpc) is 2.56. The number of aryl methyl sites for hydroxylation is 2. The van der Waals surface area contributed by atoms with Crippen LogP contribution in [0, 0.1) is 13.8 Å². The summed E-state index contributed by atoms with van der Waals surface area (Å²) >= 11 is 1.51. The van der Waals surface area contributed by atoms with Gasteiger partial charge in [0, 0.05) is 29.1 Å². The van der Waals surface area contributed by atoms with Crippen LogP contribution in [0.2, 0.25) is 0 Å². The van der Waals surface area contributed by atoms with Crippen molar-refractivity contribution < 1.29 is 9.53 Å². The van der Waals surface area contributed by atoms with Crippen LogP contribution in [0.1, 0.15) is 37.7 Å². The van der Waals surface area contributed by atoms with Gasteiger partial charge in [0.2, 0.25) is 0 Å². The molecule has 2 aromatic rings. The Hall–Kier alpha value is -1.92. The highest BCUT2D eigenvalue weighted by Gasteiger charge is 2.26. The van der Waals surface area contributed by atoms with Gasteiger partial charge in [-0.15, -0.1) is 0 Å². The van der Waals surface area contributed by atoms with E-state index < -0.39 is 5.60 Å². The quantitative estimate of drug-likeness (QED) is 0.784. The lowest BCUT2D eigenvalue weighted by molar-refractivity contribution is -0.133. The molecule has 0 spiro atoms. The summed E-state index contributed by atoms with van der Waals surface area (Å²) in [7, 11) is 1.52. The van der Waals surface area contributed by atoms with Crippen molar-refractivity contribution in [1.29, 1.82) is 0 Å². The van der Waals surface area contributed by atoms with Crippen molar-refractivity contribution in [3.8, 4) is 0 Å². The van der Waals surface area contributed by atoms with Gasteiger partial charge >= 0.3 is 0 Å². The molecule has 0 aliphatic heterocycles. The molecule has 1 aromatic carbocycles. The number of hydrogen-bond donors (Lipinski definition) is 1. The van der Waals surface area contributed by atoms with E-state index >= 15 is 0 Å². The molecule has 6 heteroatoms. The number of hydrogen-bond acceptors (Lipinski definition) is 5. The highest BCUT2D eigenvalue weighted by molar-refractivity contribution is 7.99. The second-order valence-corrected chi connectivity index (χ2v) is 7.34. The number of carbonyl (C=O) groups excluding carboxylic acids is 1. The molecule has 1 heterocycles. The molecule has 0 atom stereocenters. The third kappa shape index (κ3) is 4.80. The summed E-state index contributed by atoms with van der Waals surface area (Å²) < 4.78 is 5.18. The molecule has 0 saturated heterocycles. The number of nitrogens with one attached hydrogen (secondary N) is 1. The van der Waals surface area contributed by atoms with Crippen LogP contribution >= 0.6 is 11.8 Å². The fourth-order valence-corrected chi connectivity index (χ4v) is 3.20. The van der Waals surface area contributed by atoms with Crippen molar-refractivity contribution in [3.63, 3.8) is 0 Å². The Balaban J connectivity index is 2.10. The van der Waals surface area contributed by atoms with E-state index in [1.165, 1.54) is 24.4 Å². The summed E-state index contributed by atoms with van der Waals surface area (Å²) in [6, 6.07) is 7.63. The number of carbonyl (C=O) groups is 1. The molecule has 134 valence electrons. The molecule has 1 amide bonds. The number of rotatable bonds is 6. The minimum atomic E-state index is -0.864. The zero-order valence-corrected chi connectivity index (χ0v) is 16.5. The molecular weight excluding hydrogens is 334 g/mol. The zero-order valence-electron chi connectivity index (χ0n) is 15.6. The van der Waals surface area contributed by atoms with Crippen molar-refractivity contribution in [3.05, 3.63) is 41.2 Å². The molecule has 0 radical (unpaired) electrons. The molecule has 0 aliphatic rings. The average molecular weight is 359 g/mol. The molecule has 1 aromatic heterocycles. The van der Waals surface area contributed by atoms with E-state index in [1.807, 2.05) is 38.1 Å². The van der Waals surface area contributed by atoms with Gasteiger partial charge in [-0.2, -0.15) is 0 Å². The highest BCUT2D eigenvalue weighted by Crippen LogP contribution is 2.27. The van der Waals surface area contributed by atoms with Gasteiger partial charge in [-0.25, -0.2) is 9.97 Å². The molecule has 2 rings (SSSR count). The van der Waals surface area contributed by atoms with Crippen LogP contribution < -0.4 is 5.32 Å². The topological polar surface area (TPSA) is 64.1 Å². The van der Waals surface area contributed by atoms with E-state index in [0.29, 0.717) is 0 Å².